The Labute approximate surface area is 143 Å². The lowest BCUT2D eigenvalue weighted by molar-refractivity contribution is 0.0757. The first-order chi connectivity index (χ1) is 11.6. The van der Waals surface area contributed by atoms with Crippen LogP contribution in [0.5, 0.6) is 0 Å². The molecule has 0 unspecified atom stereocenters. The average molecular weight is 323 g/mol. The summed E-state index contributed by atoms with van der Waals surface area (Å²) in [6.07, 6.45) is 2.23. The number of carbonyl (C=O) groups is 1. The predicted molar refractivity (Wildman–Crippen MR) is 96.2 cm³/mol. The lowest BCUT2D eigenvalue weighted by Gasteiger charge is -2.22. The average Bonchev–Trinajstić information content (AvgIpc) is 2.92. The van der Waals surface area contributed by atoms with Gasteiger partial charge in [0.25, 0.3) is 5.91 Å². The number of hydrogen-bond acceptors (Lipinski definition) is 3. The molecule has 2 saturated heterocycles. The van der Waals surface area contributed by atoms with Crippen LogP contribution in [0.3, 0.4) is 0 Å². The van der Waals surface area contributed by atoms with E-state index in [9.17, 15) is 4.79 Å². The summed E-state index contributed by atoms with van der Waals surface area (Å²) in [6, 6.07) is 8.24. The highest BCUT2D eigenvalue weighted by Gasteiger charge is 2.32. The standard InChI is InChI=1S/C20H25N3O/c1-13-3-4-19-17(9-13)10-18(14(2)22-19)20(24)23-7-5-15-11-21-12-16(15)6-8-23/h3-4,9-10,15-16,21H,5-8,11-12H2,1-2H3/t15-,16+. The van der Waals surface area contributed by atoms with Crippen molar-refractivity contribution in [1.29, 1.82) is 0 Å². The molecule has 4 rings (SSSR count). The molecule has 0 bridgehead atoms. The Bertz CT molecular complexity index is 772. The molecule has 2 aliphatic heterocycles. The Balaban J connectivity index is 1.61. The molecule has 0 aliphatic carbocycles. The van der Waals surface area contributed by atoms with E-state index in [4.69, 9.17) is 0 Å². The summed E-state index contributed by atoms with van der Waals surface area (Å²) in [5.41, 5.74) is 3.76. The molecule has 2 aromatic rings. The smallest absolute Gasteiger partial charge is 0.255 e. The van der Waals surface area contributed by atoms with Crippen molar-refractivity contribution in [2.24, 2.45) is 11.8 Å². The number of pyridine rings is 1. The first kappa shape index (κ1) is 15.6. The lowest BCUT2D eigenvalue weighted by Crippen LogP contribution is -2.33. The Morgan fingerprint density at radius 1 is 1.12 bits per heavy atom. The summed E-state index contributed by atoms with van der Waals surface area (Å²) >= 11 is 0. The van der Waals surface area contributed by atoms with Crippen LogP contribution in [-0.2, 0) is 0 Å². The molecule has 2 fully saturated rings. The zero-order valence-corrected chi connectivity index (χ0v) is 14.5. The van der Waals surface area contributed by atoms with Crippen molar-refractivity contribution < 1.29 is 4.79 Å². The van der Waals surface area contributed by atoms with E-state index in [1.807, 2.05) is 24.0 Å². The van der Waals surface area contributed by atoms with Crippen LogP contribution in [0.2, 0.25) is 0 Å². The van der Waals surface area contributed by atoms with E-state index in [0.717, 1.165) is 73.0 Å². The van der Waals surface area contributed by atoms with Crippen molar-refractivity contribution in [2.45, 2.75) is 26.7 Å². The number of nitrogens with zero attached hydrogens (tertiary/aromatic N) is 2. The number of nitrogens with one attached hydrogen (secondary N) is 1. The second-order valence-electron chi connectivity index (χ2n) is 7.37. The molecule has 4 nitrogen and oxygen atoms in total. The van der Waals surface area contributed by atoms with Gasteiger partial charge in [-0.3, -0.25) is 9.78 Å². The van der Waals surface area contributed by atoms with Gasteiger partial charge in [-0.1, -0.05) is 11.6 Å². The minimum Gasteiger partial charge on any atom is -0.339 e. The predicted octanol–water partition coefficient (Wildman–Crippen LogP) is 2.92. The van der Waals surface area contributed by atoms with Gasteiger partial charge >= 0.3 is 0 Å². The van der Waals surface area contributed by atoms with E-state index in [1.54, 1.807) is 0 Å². The highest BCUT2D eigenvalue weighted by Crippen LogP contribution is 2.28. The molecule has 4 heteroatoms. The Hall–Kier alpha value is -1.94. The van der Waals surface area contributed by atoms with Crippen LogP contribution in [0, 0.1) is 25.7 Å². The highest BCUT2D eigenvalue weighted by atomic mass is 16.2. The number of hydrogen-bond donors (Lipinski definition) is 1. The summed E-state index contributed by atoms with van der Waals surface area (Å²) in [4.78, 5) is 19.8. The van der Waals surface area contributed by atoms with Gasteiger partial charge in [0.2, 0.25) is 0 Å². The Morgan fingerprint density at radius 3 is 2.54 bits per heavy atom. The summed E-state index contributed by atoms with van der Waals surface area (Å²) in [5, 5.41) is 4.54. The Morgan fingerprint density at radius 2 is 1.83 bits per heavy atom. The molecular weight excluding hydrogens is 298 g/mol. The quantitative estimate of drug-likeness (QED) is 0.878. The molecule has 0 saturated carbocycles. The molecule has 1 N–H and O–H groups in total. The summed E-state index contributed by atoms with van der Waals surface area (Å²) < 4.78 is 0. The number of amides is 1. The second kappa shape index (κ2) is 6.17. The third-order valence-electron chi connectivity index (χ3n) is 5.70. The van der Waals surface area contributed by atoms with E-state index >= 15 is 0 Å². The number of benzene rings is 1. The molecule has 1 aromatic carbocycles. The van der Waals surface area contributed by atoms with Crippen LogP contribution >= 0.6 is 0 Å². The fourth-order valence-electron chi connectivity index (χ4n) is 4.20. The zero-order chi connectivity index (χ0) is 16.7. The van der Waals surface area contributed by atoms with Crippen molar-refractivity contribution >= 4 is 16.8 Å². The van der Waals surface area contributed by atoms with Crippen LogP contribution in [0.1, 0.15) is 34.5 Å². The van der Waals surface area contributed by atoms with Crippen molar-refractivity contribution in [1.82, 2.24) is 15.2 Å². The molecule has 0 spiro atoms. The van der Waals surface area contributed by atoms with E-state index in [0.29, 0.717) is 0 Å². The van der Waals surface area contributed by atoms with Crippen LogP contribution in [0.25, 0.3) is 10.9 Å². The highest BCUT2D eigenvalue weighted by molar-refractivity contribution is 5.98. The SMILES string of the molecule is Cc1ccc2nc(C)c(C(=O)N3CC[C@@H]4CNC[C@@H]4CC3)cc2c1. The molecule has 0 radical (unpaired) electrons. The first-order valence-electron chi connectivity index (χ1n) is 9.00. The number of fused-ring (bicyclic) bond motifs is 2. The van der Waals surface area contributed by atoms with Gasteiger partial charge in [0, 0.05) is 18.5 Å². The maximum absolute atomic E-state index is 13.1. The van der Waals surface area contributed by atoms with Crippen molar-refractivity contribution in [3.8, 4) is 0 Å². The van der Waals surface area contributed by atoms with Gasteiger partial charge in [-0.2, -0.15) is 0 Å². The topological polar surface area (TPSA) is 45.2 Å². The molecule has 1 amide bonds. The molecule has 126 valence electrons. The van der Waals surface area contributed by atoms with Crippen molar-refractivity contribution in [3.05, 3.63) is 41.1 Å². The van der Waals surface area contributed by atoms with E-state index in [2.05, 4.69) is 29.4 Å². The molecule has 1 aromatic heterocycles. The number of carbonyl (C=O) groups excluding carboxylic acids is 1. The molecule has 24 heavy (non-hydrogen) atoms. The van der Waals surface area contributed by atoms with Crippen LogP contribution in [0.4, 0.5) is 0 Å². The van der Waals surface area contributed by atoms with E-state index < -0.39 is 0 Å². The fourth-order valence-corrected chi connectivity index (χ4v) is 4.20. The van der Waals surface area contributed by atoms with Gasteiger partial charge in [0.05, 0.1) is 16.8 Å². The third-order valence-corrected chi connectivity index (χ3v) is 5.70. The summed E-state index contributed by atoms with van der Waals surface area (Å²) in [5.74, 6) is 1.62. The third kappa shape index (κ3) is 2.80. The Kier molecular flexibility index (Phi) is 4.01. The van der Waals surface area contributed by atoms with Gasteiger partial charge in [-0.15, -0.1) is 0 Å². The minimum atomic E-state index is 0.149. The first-order valence-corrected chi connectivity index (χ1v) is 9.00. The minimum absolute atomic E-state index is 0.149. The normalized spacial score (nSPS) is 24.0. The van der Waals surface area contributed by atoms with Gasteiger partial charge in [-0.05, 0) is 69.8 Å². The van der Waals surface area contributed by atoms with Crippen LogP contribution in [0.15, 0.2) is 24.3 Å². The van der Waals surface area contributed by atoms with Crippen molar-refractivity contribution in [3.63, 3.8) is 0 Å². The van der Waals surface area contributed by atoms with E-state index in [-0.39, 0.29) is 5.91 Å². The molecule has 2 atom stereocenters. The van der Waals surface area contributed by atoms with E-state index in [1.165, 1.54) is 5.56 Å². The lowest BCUT2D eigenvalue weighted by atomic mass is 9.92. The number of aromatic nitrogens is 1. The molecule has 3 heterocycles. The summed E-state index contributed by atoms with van der Waals surface area (Å²) in [7, 11) is 0. The largest absolute Gasteiger partial charge is 0.339 e. The van der Waals surface area contributed by atoms with Gasteiger partial charge < -0.3 is 10.2 Å². The molecular formula is C20H25N3O. The number of rotatable bonds is 1. The zero-order valence-electron chi connectivity index (χ0n) is 14.5. The second-order valence-corrected chi connectivity index (χ2v) is 7.37. The van der Waals surface area contributed by atoms with Crippen LogP contribution < -0.4 is 5.32 Å². The van der Waals surface area contributed by atoms with Crippen molar-refractivity contribution in [2.75, 3.05) is 26.2 Å². The van der Waals surface area contributed by atoms with Gasteiger partial charge in [-0.25, -0.2) is 0 Å². The maximum Gasteiger partial charge on any atom is 0.255 e. The monoisotopic (exact) mass is 323 g/mol. The van der Waals surface area contributed by atoms with Gasteiger partial charge in [0.15, 0.2) is 0 Å². The van der Waals surface area contributed by atoms with Gasteiger partial charge in [0.1, 0.15) is 0 Å². The maximum atomic E-state index is 13.1. The molecule has 2 aliphatic rings. The fraction of sp³-hybridized carbons (Fsp3) is 0.500. The van der Waals surface area contributed by atoms with Crippen LogP contribution in [-0.4, -0.2) is 42.0 Å². The number of likely N-dealkylation sites (tertiary alicyclic amines) is 1. The number of aryl methyl sites for hydroxylation is 2. The summed E-state index contributed by atoms with van der Waals surface area (Å²) in [6.45, 7) is 7.98.